The number of fused-ring (bicyclic) bond motifs is 13. The second-order valence-corrected chi connectivity index (χ2v) is 26.3. The zero-order valence-corrected chi connectivity index (χ0v) is 45.1. The Morgan fingerprint density at radius 3 is 1.75 bits per heavy atom. The summed E-state index contributed by atoms with van der Waals surface area (Å²) in [6, 6.07) is 57.4. The first-order valence-electron chi connectivity index (χ1n) is 26.3. The van der Waals surface area contributed by atoms with Gasteiger partial charge in [0.15, 0.2) is 0 Å². The molecule has 2 unspecified atom stereocenters. The Hall–Kier alpha value is -6.34. The fourth-order valence-electron chi connectivity index (χ4n) is 14.2. The van der Waals surface area contributed by atoms with Crippen LogP contribution in [0, 0.1) is 13.8 Å². The van der Waals surface area contributed by atoms with Crippen molar-refractivity contribution in [1.29, 1.82) is 0 Å². The Balaban J connectivity index is 1.17. The van der Waals surface area contributed by atoms with Crippen LogP contribution in [-0.2, 0) is 16.2 Å². The Bertz CT molecular complexity index is 3960. The number of thiophene rings is 2. The monoisotopic (exact) mass is 971 g/mol. The Morgan fingerprint density at radius 2 is 1.07 bits per heavy atom. The lowest BCUT2D eigenvalue weighted by Crippen LogP contribution is -2.62. The maximum absolute atomic E-state index is 2.85. The van der Waals surface area contributed by atoms with Gasteiger partial charge in [-0.1, -0.05) is 146 Å². The van der Waals surface area contributed by atoms with Crippen molar-refractivity contribution in [2.24, 2.45) is 0 Å². The topological polar surface area (TPSA) is 9.72 Å². The number of nitrogens with zero attached hydrogens (tertiary/aromatic N) is 3. The van der Waals surface area contributed by atoms with Gasteiger partial charge in [-0.2, -0.15) is 0 Å². The van der Waals surface area contributed by atoms with E-state index in [9.17, 15) is 0 Å². The van der Waals surface area contributed by atoms with E-state index in [4.69, 9.17) is 0 Å². The van der Waals surface area contributed by atoms with Crippen LogP contribution < -0.4 is 31.1 Å². The van der Waals surface area contributed by atoms with Gasteiger partial charge in [0.1, 0.15) is 0 Å². The fraction of sp³-hybridized carbons (Fsp3) is 0.273. The standard InChI is InChI=1S/C66H62BN3S2/c1-39-33-40(2)60-53(34-39)70(66(10)32-16-15-31-65(60,66)9)43-37-54-61-55(38-43)69(52-23-17-21-45-44-19-11-13-24-56(44)72-62(45)52)50-30-28-42(64(6,7)8)36-48(50)67(61)47-35-41(63(3,4)5)27-29-49(47)68(54)51-22-18-26-58-59(51)46-20-12-14-25-57(46)71-58/h11-14,17-30,33-38H,15-16,31-32H2,1-10H3. The third-order valence-electron chi connectivity index (χ3n) is 17.8. The number of rotatable bonds is 3. The van der Waals surface area contributed by atoms with E-state index in [1.807, 2.05) is 22.7 Å². The quantitative estimate of drug-likeness (QED) is 0.163. The largest absolute Gasteiger partial charge is 0.334 e. The van der Waals surface area contributed by atoms with Crippen LogP contribution in [0.4, 0.5) is 45.5 Å². The normalized spacial score (nSPS) is 19.3. The third kappa shape index (κ3) is 6.03. The SMILES string of the molecule is Cc1cc(C)c2c(c1)N(c1cc3c4c(c1)N(c1cccc5sc6ccccc6c15)c1ccc(C(C)(C)C)cc1B4c1cc(C(C)(C)C)ccc1N3c1cccc3c1sc1ccccc13)C1(C)CCCCC21C. The summed E-state index contributed by atoms with van der Waals surface area (Å²) in [5.74, 6) is 0. The zero-order valence-electron chi connectivity index (χ0n) is 43.4. The molecule has 0 spiro atoms. The maximum Gasteiger partial charge on any atom is 0.252 e. The molecule has 5 heterocycles. The van der Waals surface area contributed by atoms with Crippen LogP contribution in [0.15, 0.2) is 146 Å². The highest BCUT2D eigenvalue weighted by Crippen LogP contribution is 2.63. The van der Waals surface area contributed by atoms with E-state index in [-0.39, 0.29) is 28.5 Å². The van der Waals surface area contributed by atoms with Gasteiger partial charge in [0.25, 0.3) is 6.71 Å². The zero-order chi connectivity index (χ0) is 49.4. The number of benzene rings is 8. The van der Waals surface area contributed by atoms with E-state index in [2.05, 4.69) is 230 Å². The van der Waals surface area contributed by atoms with E-state index in [0.717, 1.165) is 6.42 Å². The molecular formula is C66H62BN3S2. The molecular weight excluding hydrogens is 910 g/mol. The van der Waals surface area contributed by atoms with Gasteiger partial charge in [-0.25, -0.2) is 0 Å². The predicted molar refractivity (Wildman–Crippen MR) is 316 cm³/mol. The van der Waals surface area contributed by atoms with Crippen LogP contribution in [0.5, 0.6) is 0 Å². The minimum atomic E-state index is -0.139. The molecule has 6 heteroatoms. The first-order valence-corrected chi connectivity index (χ1v) is 28.0. The molecule has 0 N–H and O–H groups in total. The van der Waals surface area contributed by atoms with Gasteiger partial charge in [0, 0.05) is 75.2 Å². The highest BCUT2D eigenvalue weighted by Gasteiger charge is 2.59. The first kappa shape index (κ1) is 44.4. The molecule has 10 aromatic rings. The molecule has 0 radical (unpaired) electrons. The molecule has 0 bridgehead atoms. The van der Waals surface area contributed by atoms with Gasteiger partial charge in [-0.05, 0) is 149 Å². The van der Waals surface area contributed by atoms with Crippen molar-refractivity contribution in [2.45, 2.75) is 117 Å². The lowest BCUT2D eigenvalue weighted by molar-refractivity contribution is 0.194. The molecule has 0 amide bonds. The molecule has 8 aromatic carbocycles. The summed E-state index contributed by atoms with van der Waals surface area (Å²) in [7, 11) is 0. The van der Waals surface area contributed by atoms with Gasteiger partial charge in [0.05, 0.1) is 21.6 Å². The number of aryl methyl sites for hydroxylation is 2. The van der Waals surface area contributed by atoms with Crippen LogP contribution in [0.1, 0.15) is 109 Å². The van der Waals surface area contributed by atoms with E-state index in [1.54, 1.807) is 0 Å². The molecule has 0 saturated heterocycles. The van der Waals surface area contributed by atoms with Crippen molar-refractivity contribution in [3.8, 4) is 0 Å². The number of anilines is 8. The average Bonchev–Trinajstić information content (AvgIpc) is 3.99. The summed E-state index contributed by atoms with van der Waals surface area (Å²) in [4.78, 5) is 8.26. The number of hydrogen-bond donors (Lipinski definition) is 0. The van der Waals surface area contributed by atoms with Crippen LogP contribution in [-0.4, -0.2) is 12.3 Å². The molecule has 3 nitrogen and oxygen atoms in total. The fourth-order valence-corrected chi connectivity index (χ4v) is 16.5. The van der Waals surface area contributed by atoms with Crippen LogP contribution in [0.3, 0.4) is 0 Å². The molecule has 356 valence electrons. The van der Waals surface area contributed by atoms with Gasteiger partial charge < -0.3 is 14.7 Å². The highest BCUT2D eigenvalue weighted by atomic mass is 32.1. The minimum Gasteiger partial charge on any atom is -0.334 e. The Morgan fingerprint density at radius 1 is 0.500 bits per heavy atom. The highest BCUT2D eigenvalue weighted by molar-refractivity contribution is 7.26. The molecule has 14 rings (SSSR count). The molecule has 4 aliphatic rings. The lowest BCUT2D eigenvalue weighted by atomic mass is 9.33. The Kier molecular flexibility index (Phi) is 9.32. The second kappa shape index (κ2) is 15.1. The summed E-state index contributed by atoms with van der Waals surface area (Å²) in [5.41, 5.74) is 21.1. The summed E-state index contributed by atoms with van der Waals surface area (Å²) in [6.45, 7) is 24.1. The van der Waals surface area contributed by atoms with Crippen molar-refractivity contribution in [3.05, 3.63) is 173 Å². The Labute approximate surface area is 433 Å². The maximum atomic E-state index is 2.85. The molecule has 1 saturated carbocycles. The van der Waals surface area contributed by atoms with E-state index in [0.29, 0.717) is 0 Å². The van der Waals surface area contributed by atoms with Crippen molar-refractivity contribution in [3.63, 3.8) is 0 Å². The van der Waals surface area contributed by atoms with E-state index < -0.39 is 0 Å². The van der Waals surface area contributed by atoms with Crippen LogP contribution >= 0.6 is 22.7 Å². The molecule has 2 aromatic heterocycles. The molecule has 72 heavy (non-hydrogen) atoms. The predicted octanol–water partition coefficient (Wildman–Crippen LogP) is 17.5. The van der Waals surface area contributed by atoms with Crippen molar-refractivity contribution in [1.82, 2.24) is 0 Å². The summed E-state index contributed by atoms with van der Waals surface area (Å²) in [5, 5.41) is 5.28. The van der Waals surface area contributed by atoms with E-state index >= 15 is 0 Å². The van der Waals surface area contributed by atoms with Gasteiger partial charge in [-0.3, -0.25) is 0 Å². The van der Waals surface area contributed by atoms with Crippen molar-refractivity contribution in [2.75, 3.05) is 14.7 Å². The third-order valence-corrected chi connectivity index (χ3v) is 20.2. The molecule has 3 aliphatic heterocycles. The van der Waals surface area contributed by atoms with Crippen molar-refractivity contribution >= 4 is 132 Å². The van der Waals surface area contributed by atoms with Crippen LogP contribution in [0.2, 0.25) is 0 Å². The second-order valence-electron chi connectivity index (χ2n) is 24.2. The molecule has 1 fully saturated rings. The lowest BCUT2D eigenvalue weighted by Gasteiger charge is -2.51. The molecule has 1 aliphatic carbocycles. The van der Waals surface area contributed by atoms with E-state index in [1.165, 1.54) is 149 Å². The van der Waals surface area contributed by atoms with Gasteiger partial charge in [-0.15, -0.1) is 22.7 Å². The average molecular weight is 972 g/mol. The summed E-state index contributed by atoms with van der Waals surface area (Å²) in [6.07, 6.45) is 4.80. The minimum absolute atomic E-state index is 0.0107. The summed E-state index contributed by atoms with van der Waals surface area (Å²) >= 11 is 3.84. The number of hydrogen-bond acceptors (Lipinski definition) is 5. The van der Waals surface area contributed by atoms with Crippen molar-refractivity contribution < 1.29 is 0 Å². The van der Waals surface area contributed by atoms with Gasteiger partial charge >= 0.3 is 0 Å². The molecule has 2 atom stereocenters. The summed E-state index contributed by atoms with van der Waals surface area (Å²) < 4.78 is 5.29. The first-order chi connectivity index (χ1) is 34.5. The smallest absolute Gasteiger partial charge is 0.252 e. The van der Waals surface area contributed by atoms with Gasteiger partial charge in [0.2, 0.25) is 0 Å². The van der Waals surface area contributed by atoms with Crippen LogP contribution in [0.25, 0.3) is 40.3 Å².